The van der Waals surface area contributed by atoms with Crippen LogP contribution >= 0.6 is 0 Å². The Morgan fingerprint density at radius 3 is 2.54 bits per heavy atom. The minimum Gasteiger partial charge on any atom is -0.366 e. The second-order valence-corrected chi connectivity index (χ2v) is 6.81. The molecule has 2 aromatic carbocycles. The Kier molecular flexibility index (Phi) is 4.67. The minimum atomic E-state index is -0.511. The molecule has 4 rings (SSSR count). The summed E-state index contributed by atoms with van der Waals surface area (Å²) < 4.78 is 7.76. The van der Waals surface area contributed by atoms with E-state index < -0.39 is 5.91 Å². The van der Waals surface area contributed by atoms with Gasteiger partial charge in [-0.1, -0.05) is 29.8 Å². The van der Waals surface area contributed by atoms with Crippen LogP contribution < -0.4 is 11.1 Å². The van der Waals surface area contributed by atoms with Gasteiger partial charge in [0.2, 0.25) is 5.91 Å². The molecule has 0 radical (unpaired) electrons. The number of carbonyl (C=O) groups excluding carboxylic acids is 2. The summed E-state index contributed by atoms with van der Waals surface area (Å²) in [5.74, 6) is -0.830. The fraction of sp³-hybridized carbons (Fsp3) is 0.190. The van der Waals surface area contributed by atoms with Crippen molar-refractivity contribution in [3.05, 3.63) is 82.7 Å². The SMILES string of the molecule is Cc1ccc(C2Cn3nc(C(=O)Nc4ccc(C(N)=O)cc4)cc3CO2)cc1. The summed E-state index contributed by atoms with van der Waals surface area (Å²) in [5, 5.41) is 7.21. The van der Waals surface area contributed by atoms with Crippen molar-refractivity contribution in [3.63, 3.8) is 0 Å². The second kappa shape index (κ2) is 7.28. The number of hydrogen-bond donors (Lipinski definition) is 2. The first-order chi connectivity index (χ1) is 13.5. The fourth-order valence-electron chi connectivity index (χ4n) is 3.13. The molecule has 1 atom stereocenters. The normalized spacial score (nSPS) is 15.7. The predicted octanol–water partition coefficient (Wildman–Crippen LogP) is 2.81. The maximum Gasteiger partial charge on any atom is 0.276 e. The zero-order valence-electron chi connectivity index (χ0n) is 15.4. The molecule has 0 spiro atoms. The van der Waals surface area contributed by atoms with Gasteiger partial charge >= 0.3 is 0 Å². The van der Waals surface area contributed by atoms with Crippen molar-refractivity contribution in [3.8, 4) is 0 Å². The number of rotatable bonds is 4. The van der Waals surface area contributed by atoms with Crippen LogP contribution in [-0.4, -0.2) is 21.6 Å². The van der Waals surface area contributed by atoms with E-state index in [1.165, 1.54) is 5.56 Å². The van der Waals surface area contributed by atoms with E-state index in [9.17, 15) is 9.59 Å². The lowest BCUT2D eigenvalue weighted by molar-refractivity contribution is -0.00119. The summed E-state index contributed by atoms with van der Waals surface area (Å²) in [6.45, 7) is 2.99. The molecule has 1 aliphatic rings. The van der Waals surface area contributed by atoms with Gasteiger partial charge in [-0.25, -0.2) is 0 Å². The van der Waals surface area contributed by atoms with E-state index in [-0.39, 0.29) is 12.0 Å². The van der Waals surface area contributed by atoms with Crippen molar-refractivity contribution in [2.45, 2.75) is 26.2 Å². The van der Waals surface area contributed by atoms with Crippen molar-refractivity contribution in [1.82, 2.24) is 9.78 Å². The van der Waals surface area contributed by atoms with Crippen LogP contribution in [0.4, 0.5) is 5.69 Å². The molecule has 0 fully saturated rings. The molecule has 7 heteroatoms. The Morgan fingerprint density at radius 1 is 1.14 bits per heavy atom. The van der Waals surface area contributed by atoms with Gasteiger partial charge in [-0.3, -0.25) is 14.3 Å². The first kappa shape index (κ1) is 17.9. The van der Waals surface area contributed by atoms with Gasteiger partial charge in [-0.2, -0.15) is 5.10 Å². The van der Waals surface area contributed by atoms with E-state index in [1.807, 2.05) is 11.6 Å². The molecule has 28 heavy (non-hydrogen) atoms. The third kappa shape index (κ3) is 3.65. The third-order valence-corrected chi connectivity index (χ3v) is 4.74. The largest absolute Gasteiger partial charge is 0.366 e. The van der Waals surface area contributed by atoms with Gasteiger partial charge in [0.25, 0.3) is 5.91 Å². The van der Waals surface area contributed by atoms with Gasteiger partial charge < -0.3 is 15.8 Å². The Bertz CT molecular complexity index is 1020. The molecule has 0 aliphatic carbocycles. The predicted molar refractivity (Wildman–Crippen MR) is 104 cm³/mol. The van der Waals surface area contributed by atoms with Gasteiger partial charge in [0.1, 0.15) is 6.10 Å². The highest BCUT2D eigenvalue weighted by Crippen LogP contribution is 2.27. The van der Waals surface area contributed by atoms with Crippen molar-refractivity contribution in [1.29, 1.82) is 0 Å². The minimum absolute atomic E-state index is 0.0924. The van der Waals surface area contributed by atoms with Crippen LogP contribution in [0, 0.1) is 6.92 Å². The molecule has 1 unspecified atom stereocenters. The van der Waals surface area contributed by atoms with Crippen LogP contribution in [0.3, 0.4) is 0 Å². The number of anilines is 1. The number of fused-ring (bicyclic) bond motifs is 1. The smallest absolute Gasteiger partial charge is 0.276 e. The Labute approximate surface area is 162 Å². The molecule has 0 saturated carbocycles. The Balaban J connectivity index is 1.47. The summed E-state index contributed by atoms with van der Waals surface area (Å²) in [4.78, 5) is 23.6. The highest BCUT2D eigenvalue weighted by Gasteiger charge is 2.24. The lowest BCUT2D eigenvalue weighted by Gasteiger charge is -2.24. The first-order valence-electron chi connectivity index (χ1n) is 8.96. The van der Waals surface area contributed by atoms with Crippen LogP contribution in [-0.2, 0) is 17.9 Å². The standard InChI is InChI=1S/C21H20N4O3/c1-13-2-4-14(5-3-13)19-11-25-17(12-28-19)10-18(24-25)21(27)23-16-8-6-15(7-9-16)20(22)26/h2-10,19H,11-12H2,1H3,(H2,22,26)(H,23,27). The highest BCUT2D eigenvalue weighted by molar-refractivity contribution is 6.03. The summed E-state index contributed by atoms with van der Waals surface area (Å²) >= 11 is 0. The van der Waals surface area contributed by atoms with Crippen LogP contribution in [0.25, 0.3) is 0 Å². The van der Waals surface area contributed by atoms with Gasteiger partial charge in [-0.05, 0) is 42.8 Å². The van der Waals surface area contributed by atoms with Crippen molar-refractivity contribution < 1.29 is 14.3 Å². The fourth-order valence-corrected chi connectivity index (χ4v) is 3.13. The van der Waals surface area contributed by atoms with Gasteiger partial charge in [0.05, 0.1) is 18.8 Å². The van der Waals surface area contributed by atoms with E-state index in [0.717, 1.165) is 11.3 Å². The molecule has 2 heterocycles. The monoisotopic (exact) mass is 376 g/mol. The number of benzene rings is 2. The van der Waals surface area contributed by atoms with Crippen molar-refractivity contribution in [2.24, 2.45) is 5.73 Å². The van der Waals surface area contributed by atoms with Gasteiger partial charge in [0, 0.05) is 11.3 Å². The van der Waals surface area contributed by atoms with Crippen LogP contribution in [0.2, 0.25) is 0 Å². The van der Waals surface area contributed by atoms with Gasteiger partial charge in [0.15, 0.2) is 5.69 Å². The number of primary amides is 1. The number of hydrogen-bond acceptors (Lipinski definition) is 4. The number of nitrogens with two attached hydrogens (primary N) is 1. The third-order valence-electron chi connectivity index (χ3n) is 4.74. The zero-order valence-corrected chi connectivity index (χ0v) is 15.4. The number of aryl methyl sites for hydroxylation is 1. The molecule has 3 aromatic rings. The molecule has 0 bridgehead atoms. The van der Waals surface area contributed by atoms with E-state index in [0.29, 0.717) is 30.1 Å². The summed E-state index contributed by atoms with van der Waals surface area (Å²) in [5.41, 5.74) is 9.64. The lowest BCUT2D eigenvalue weighted by Crippen LogP contribution is -2.22. The molecular formula is C21H20N4O3. The quantitative estimate of drug-likeness (QED) is 0.731. The second-order valence-electron chi connectivity index (χ2n) is 6.81. The average molecular weight is 376 g/mol. The topological polar surface area (TPSA) is 99.2 Å². The lowest BCUT2D eigenvalue weighted by atomic mass is 10.1. The highest BCUT2D eigenvalue weighted by atomic mass is 16.5. The first-order valence-corrected chi connectivity index (χ1v) is 8.96. The molecule has 0 saturated heterocycles. The molecule has 3 N–H and O–H groups in total. The Hall–Kier alpha value is -3.45. The number of nitrogens with one attached hydrogen (secondary N) is 1. The number of nitrogens with zero attached hydrogens (tertiary/aromatic N) is 2. The van der Waals surface area contributed by atoms with Crippen LogP contribution in [0.1, 0.15) is 43.8 Å². The van der Waals surface area contributed by atoms with E-state index in [4.69, 9.17) is 10.5 Å². The van der Waals surface area contributed by atoms with Crippen molar-refractivity contribution >= 4 is 17.5 Å². The average Bonchev–Trinajstić information content (AvgIpc) is 3.12. The van der Waals surface area contributed by atoms with E-state index in [1.54, 1.807) is 30.3 Å². The number of aromatic nitrogens is 2. The number of ether oxygens (including phenoxy) is 1. The van der Waals surface area contributed by atoms with Crippen LogP contribution in [0.5, 0.6) is 0 Å². The molecular weight excluding hydrogens is 356 g/mol. The van der Waals surface area contributed by atoms with Crippen molar-refractivity contribution in [2.75, 3.05) is 5.32 Å². The van der Waals surface area contributed by atoms with Crippen LogP contribution in [0.15, 0.2) is 54.6 Å². The molecule has 2 amide bonds. The summed E-state index contributed by atoms with van der Waals surface area (Å²) in [6.07, 6.45) is -0.0924. The van der Waals surface area contributed by atoms with E-state index >= 15 is 0 Å². The molecule has 1 aromatic heterocycles. The summed E-state index contributed by atoms with van der Waals surface area (Å²) in [7, 11) is 0. The number of amides is 2. The molecule has 142 valence electrons. The molecule has 7 nitrogen and oxygen atoms in total. The van der Waals surface area contributed by atoms with E-state index in [2.05, 4.69) is 34.7 Å². The zero-order chi connectivity index (χ0) is 19.7. The van der Waals surface area contributed by atoms with Gasteiger partial charge in [-0.15, -0.1) is 0 Å². The number of carbonyl (C=O) groups is 2. The molecule has 1 aliphatic heterocycles. The Morgan fingerprint density at radius 2 is 1.86 bits per heavy atom. The maximum atomic E-state index is 12.5. The summed E-state index contributed by atoms with van der Waals surface area (Å²) in [6, 6.07) is 16.3. The maximum absolute atomic E-state index is 12.5.